The highest BCUT2D eigenvalue weighted by atomic mass is 35.5. The maximum Gasteiger partial charge on any atom is 0.198 e. The van der Waals surface area contributed by atoms with Crippen LogP contribution in [0.25, 0.3) is 11.3 Å². The summed E-state index contributed by atoms with van der Waals surface area (Å²) in [6.45, 7) is 1.97. The van der Waals surface area contributed by atoms with E-state index in [0.717, 1.165) is 12.1 Å². The van der Waals surface area contributed by atoms with Gasteiger partial charge < -0.3 is 10.2 Å². The van der Waals surface area contributed by atoms with Gasteiger partial charge in [-0.05, 0) is 49.6 Å². The minimum absolute atomic E-state index is 0.126. The summed E-state index contributed by atoms with van der Waals surface area (Å²) in [6, 6.07) is 5.33. The number of hydrogen-bond donors (Lipinski definition) is 1. The zero-order valence-electron chi connectivity index (χ0n) is 15.5. The highest BCUT2D eigenvalue weighted by Gasteiger charge is 2.22. The number of benzene rings is 1. The van der Waals surface area contributed by atoms with Gasteiger partial charge in [0.15, 0.2) is 23.2 Å². The molecule has 3 aromatic rings. The monoisotopic (exact) mass is 407 g/mol. The molecule has 3 rings (SSSR count). The normalized spacial score (nSPS) is 12.4. The van der Waals surface area contributed by atoms with Crippen molar-refractivity contribution < 1.29 is 18.0 Å². The molecule has 28 heavy (non-hydrogen) atoms. The van der Waals surface area contributed by atoms with E-state index < -0.39 is 11.6 Å². The van der Waals surface area contributed by atoms with Gasteiger partial charge in [0.2, 0.25) is 0 Å². The smallest absolute Gasteiger partial charge is 0.198 e. The standard InChI is InChI=1S/C20H20ClF2N3O2/c1-11-14(20-15(21)10-25-26(20)2)8-19(28-11)18(27)7-13(9-24)5-12-3-4-16(22)17(23)6-12/h3-4,6,8,10,13H,5,7,9,24H2,1-2H3/t13-/m1/s1. The third kappa shape index (κ3) is 4.15. The van der Waals surface area contributed by atoms with E-state index >= 15 is 0 Å². The Morgan fingerprint density at radius 2 is 2.07 bits per heavy atom. The average molecular weight is 408 g/mol. The molecule has 0 aliphatic heterocycles. The SMILES string of the molecule is Cc1oc(C(=O)C[C@H](CN)Cc2ccc(F)c(F)c2)cc1-c1c(Cl)cnn1C. The summed E-state index contributed by atoms with van der Waals surface area (Å²) < 4.78 is 33.7. The number of aromatic nitrogens is 2. The molecule has 0 fully saturated rings. The number of Topliss-reactive ketones (excluding diaryl/α,β-unsaturated/α-hetero) is 1. The highest BCUT2D eigenvalue weighted by molar-refractivity contribution is 6.33. The van der Waals surface area contributed by atoms with E-state index in [2.05, 4.69) is 5.10 Å². The second-order valence-corrected chi connectivity index (χ2v) is 7.13. The number of nitrogens with two attached hydrogens (primary N) is 1. The van der Waals surface area contributed by atoms with Crippen LogP contribution >= 0.6 is 11.6 Å². The van der Waals surface area contributed by atoms with Crippen molar-refractivity contribution in [1.82, 2.24) is 9.78 Å². The zero-order chi connectivity index (χ0) is 20.4. The van der Waals surface area contributed by atoms with Crippen molar-refractivity contribution in [1.29, 1.82) is 0 Å². The van der Waals surface area contributed by atoms with Crippen LogP contribution < -0.4 is 5.73 Å². The topological polar surface area (TPSA) is 74.1 Å². The number of rotatable bonds is 7. The Morgan fingerprint density at radius 1 is 1.32 bits per heavy atom. The highest BCUT2D eigenvalue weighted by Crippen LogP contribution is 2.32. The van der Waals surface area contributed by atoms with Crippen LogP contribution in [0.15, 0.2) is 34.9 Å². The van der Waals surface area contributed by atoms with Crippen molar-refractivity contribution in [2.45, 2.75) is 19.8 Å². The zero-order valence-corrected chi connectivity index (χ0v) is 16.3. The molecule has 8 heteroatoms. The van der Waals surface area contributed by atoms with Crippen LogP contribution in [0.2, 0.25) is 5.02 Å². The number of hydrogen-bond acceptors (Lipinski definition) is 4. The maximum absolute atomic E-state index is 13.4. The van der Waals surface area contributed by atoms with E-state index in [1.807, 2.05) is 0 Å². The average Bonchev–Trinajstić information content (AvgIpc) is 3.19. The van der Waals surface area contributed by atoms with E-state index in [1.54, 1.807) is 24.7 Å². The summed E-state index contributed by atoms with van der Waals surface area (Å²) in [5, 5.41) is 4.56. The summed E-state index contributed by atoms with van der Waals surface area (Å²) in [4.78, 5) is 12.7. The molecule has 2 N–H and O–H groups in total. The fourth-order valence-electron chi connectivity index (χ4n) is 3.17. The largest absolute Gasteiger partial charge is 0.458 e. The van der Waals surface area contributed by atoms with Gasteiger partial charge in [0, 0.05) is 19.0 Å². The van der Waals surface area contributed by atoms with E-state index in [-0.39, 0.29) is 30.4 Å². The quantitative estimate of drug-likeness (QED) is 0.592. The number of aryl methyl sites for hydroxylation is 2. The lowest BCUT2D eigenvalue weighted by Gasteiger charge is -2.13. The lowest BCUT2D eigenvalue weighted by Crippen LogP contribution is -2.20. The molecule has 0 unspecified atom stereocenters. The minimum atomic E-state index is -0.918. The Bertz CT molecular complexity index is 994. The Labute approximate surface area is 166 Å². The fraction of sp³-hybridized carbons (Fsp3) is 0.300. The van der Waals surface area contributed by atoms with Gasteiger partial charge in [-0.15, -0.1) is 0 Å². The number of carbonyl (C=O) groups is 1. The molecule has 1 aromatic carbocycles. The first kappa shape index (κ1) is 20.2. The van der Waals surface area contributed by atoms with Crippen molar-refractivity contribution in [3.8, 4) is 11.3 Å². The molecular formula is C20H20ClF2N3O2. The second kappa shape index (κ2) is 8.24. The molecule has 0 saturated heterocycles. The molecule has 2 heterocycles. The van der Waals surface area contributed by atoms with E-state index in [9.17, 15) is 13.6 Å². The van der Waals surface area contributed by atoms with Gasteiger partial charge in [-0.3, -0.25) is 9.48 Å². The van der Waals surface area contributed by atoms with E-state index in [4.69, 9.17) is 21.8 Å². The first-order valence-electron chi connectivity index (χ1n) is 8.75. The summed E-state index contributed by atoms with van der Waals surface area (Å²) in [7, 11) is 1.75. The number of carbonyl (C=O) groups excluding carboxylic acids is 1. The molecule has 1 atom stereocenters. The number of nitrogens with zero attached hydrogens (tertiary/aromatic N) is 2. The Balaban J connectivity index is 1.76. The van der Waals surface area contributed by atoms with Gasteiger partial charge in [-0.1, -0.05) is 17.7 Å². The van der Waals surface area contributed by atoms with Gasteiger partial charge >= 0.3 is 0 Å². The Morgan fingerprint density at radius 3 is 2.68 bits per heavy atom. The predicted molar refractivity (Wildman–Crippen MR) is 102 cm³/mol. The summed E-state index contributed by atoms with van der Waals surface area (Å²) in [5.74, 6) is -1.51. The fourth-order valence-corrected chi connectivity index (χ4v) is 3.44. The lowest BCUT2D eigenvalue weighted by atomic mass is 9.93. The van der Waals surface area contributed by atoms with Crippen molar-refractivity contribution in [2.24, 2.45) is 18.7 Å². The van der Waals surface area contributed by atoms with Gasteiger partial charge in [-0.2, -0.15) is 5.10 Å². The Kier molecular flexibility index (Phi) is 5.96. The molecule has 148 valence electrons. The van der Waals surface area contributed by atoms with E-state index in [1.165, 1.54) is 12.3 Å². The van der Waals surface area contributed by atoms with Gasteiger partial charge in [0.05, 0.1) is 16.9 Å². The van der Waals surface area contributed by atoms with Crippen LogP contribution in [-0.4, -0.2) is 22.1 Å². The molecule has 2 aromatic heterocycles. The molecule has 0 spiro atoms. The first-order chi connectivity index (χ1) is 13.3. The van der Waals surface area contributed by atoms with Crippen molar-refractivity contribution in [2.75, 3.05) is 6.54 Å². The maximum atomic E-state index is 13.4. The van der Waals surface area contributed by atoms with Crippen molar-refractivity contribution in [3.63, 3.8) is 0 Å². The molecule has 0 radical (unpaired) electrons. The third-order valence-corrected chi connectivity index (χ3v) is 4.93. The molecule has 0 amide bonds. The Hall–Kier alpha value is -2.51. The van der Waals surface area contributed by atoms with Crippen LogP contribution in [0.3, 0.4) is 0 Å². The molecule has 0 saturated carbocycles. The number of furan rings is 1. The molecule has 0 aliphatic carbocycles. The first-order valence-corrected chi connectivity index (χ1v) is 9.13. The summed E-state index contributed by atoms with van der Waals surface area (Å²) >= 11 is 6.18. The minimum Gasteiger partial charge on any atom is -0.458 e. The molecular weight excluding hydrogens is 388 g/mol. The molecule has 5 nitrogen and oxygen atoms in total. The summed E-state index contributed by atoms with van der Waals surface area (Å²) in [5.41, 5.74) is 7.73. The van der Waals surface area contributed by atoms with Crippen LogP contribution in [0.5, 0.6) is 0 Å². The number of halogens is 3. The van der Waals surface area contributed by atoms with Crippen LogP contribution in [0.4, 0.5) is 8.78 Å². The predicted octanol–water partition coefficient (Wildman–Crippen LogP) is 4.31. The summed E-state index contributed by atoms with van der Waals surface area (Å²) in [6.07, 6.45) is 2.01. The van der Waals surface area contributed by atoms with Crippen LogP contribution in [0, 0.1) is 24.5 Å². The molecule has 0 aliphatic rings. The van der Waals surface area contributed by atoms with Gasteiger partial charge in [0.25, 0.3) is 0 Å². The number of ketones is 1. The van der Waals surface area contributed by atoms with Crippen molar-refractivity contribution >= 4 is 17.4 Å². The van der Waals surface area contributed by atoms with E-state index in [0.29, 0.717) is 34.0 Å². The van der Waals surface area contributed by atoms with Crippen molar-refractivity contribution in [3.05, 3.63) is 64.2 Å². The lowest BCUT2D eigenvalue weighted by molar-refractivity contribution is 0.0933. The third-order valence-electron chi connectivity index (χ3n) is 4.66. The van der Waals surface area contributed by atoms with Crippen LogP contribution in [-0.2, 0) is 13.5 Å². The second-order valence-electron chi connectivity index (χ2n) is 6.73. The van der Waals surface area contributed by atoms with Gasteiger partial charge in [-0.25, -0.2) is 8.78 Å². The van der Waals surface area contributed by atoms with Gasteiger partial charge in [0.1, 0.15) is 5.76 Å². The van der Waals surface area contributed by atoms with Crippen LogP contribution in [0.1, 0.15) is 28.3 Å². The molecule has 0 bridgehead atoms.